The van der Waals surface area contributed by atoms with Crippen molar-refractivity contribution in [3.8, 4) is 11.8 Å². The van der Waals surface area contributed by atoms with Crippen LogP contribution in [0.5, 0.6) is 5.75 Å². The highest BCUT2D eigenvalue weighted by Crippen LogP contribution is 2.41. The molecule has 2 aliphatic rings. The number of halogens is 1. The Bertz CT molecular complexity index is 2040. The van der Waals surface area contributed by atoms with E-state index in [1.54, 1.807) is 36.4 Å². The summed E-state index contributed by atoms with van der Waals surface area (Å²) in [5.41, 5.74) is 2.36. The van der Waals surface area contributed by atoms with Crippen LogP contribution in [0.3, 0.4) is 0 Å². The highest BCUT2D eigenvalue weighted by molar-refractivity contribution is 7.89. The van der Waals surface area contributed by atoms with Gasteiger partial charge in [0, 0.05) is 57.4 Å². The Labute approximate surface area is 351 Å². The van der Waals surface area contributed by atoms with Crippen molar-refractivity contribution in [3.63, 3.8) is 0 Å². The fourth-order valence-electron chi connectivity index (χ4n) is 6.53. The second-order valence-corrected chi connectivity index (χ2v) is 17.4. The minimum atomic E-state index is -3.80. The number of nitriles is 1. The van der Waals surface area contributed by atoms with Gasteiger partial charge in [0.2, 0.25) is 20.0 Å². The highest BCUT2D eigenvalue weighted by atomic mass is 35.5. The molecule has 20 heteroatoms. The maximum atomic E-state index is 12.9. The highest BCUT2D eigenvalue weighted by Gasteiger charge is 2.40. The lowest BCUT2D eigenvalue weighted by Gasteiger charge is -2.36. The van der Waals surface area contributed by atoms with E-state index in [2.05, 4.69) is 36.4 Å². The van der Waals surface area contributed by atoms with E-state index < -0.39 is 20.0 Å². The standard InChI is InChI=1S/C39H52ClN7O10S2/c40-31-26-30(29-41)35-28-37(47-16-10-42-11-17-47)38(36(35)27-31)57-32-6-8-34(9-7-32)59(51,52)46-15-21-56-25-23-54-19-13-44-39(48)43-12-18-53-22-24-55-20-14-45-58(49,50)33-4-2-1-3-5-33/h1-9,26-27,37-38,42,45-46H,10-25,28H2,(H2,43,44,48)/t37-,38-/m0/s1. The lowest BCUT2D eigenvalue weighted by atomic mass is 10.0. The Morgan fingerprint density at radius 2 is 1.27 bits per heavy atom. The van der Waals surface area contributed by atoms with E-state index in [9.17, 15) is 26.9 Å². The first-order valence-electron chi connectivity index (χ1n) is 19.4. The Hall–Kier alpha value is -3.91. The second kappa shape index (κ2) is 23.8. The van der Waals surface area contributed by atoms with Gasteiger partial charge in [-0.1, -0.05) is 29.8 Å². The number of fused-ring (bicyclic) bond motifs is 1. The first kappa shape index (κ1) is 46.2. The predicted molar refractivity (Wildman–Crippen MR) is 219 cm³/mol. The van der Waals surface area contributed by atoms with Crippen LogP contribution in [-0.4, -0.2) is 139 Å². The van der Waals surface area contributed by atoms with Crippen LogP contribution in [0.1, 0.15) is 22.8 Å². The summed E-state index contributed by atoms with van der Waals surface area (Å²) in [5.74, 6) is 0.507. The van der Waals surface area contributed by atoms with Gasteiger partial charge < -0.3 is 39.6 Å². The van der Waals surface area contributed by atoms with Gasteiger partial charge in [0.25, 0.3) is 0 Å². The zero-order valence-corrected chi connectivity index (χ0v) is 35.1. The zero-order valence-electron chi connectivity index (χ0n) is 32.7. The molecule has 0 aromatic heterocycles. The van der Waals surface area contributed by atoms with Crippen LogP contribution in [0.15, 0.2) is 76.5 Å². The molecular weight excluding hydrogens is 826 g/mol. The first-order chi connectivity index (χ1) is 28.6. The van der Waals surface area contributed by atoms with Gasteiger partial charge in [-0.25, -0.2) is 31.1 Å². The third-order valence-electron chi connectivity index (χ3n) is 9.39. The van der Waals surface area contributed by atoms with E-state index in [1.165, 1.54) is 24.3 Å². The number of hydrogen-bond acceptors (Lipinski definition) is 13. The summed E-state index contributed by atoms with van der Waals surface area (Å²) < 4.78 is 83.4. The lowest BCUT2D eigenvalue weighted by molar-refractivity contribution is 0.0504. The predicted octanol–water partition coefficient (Wildman–Crippen LogP) is 1.78. The molecule has 5 N–H and O–H groups in total. The Kier molecular flexibility index (Phi) is 18.6. The number of benzene rings is 3. The van der Waals surface area contributed by atoms with Crippen LogP contribution < -0.4 is 30.1 Å². The molecule has 17 nitrogen and oxygen atoms in total. The van der Waals surface area contributed by atoms with E-state index >= 15 is 0 Å². The number of nitrogens with zero attached hydrogens (tertiary/aromatic N) is 2. The second-order valence-electron chi connectivity index (χ2n) is 13.4. The quantitative estimate of drug-likeness (QED) is 0.0769. The van der Waals surface area contributed by atoms with Gasteiger partial charge in [-0.3, -0.25) is 4.90 Å². The number of sulfonamides is 2. The number of piperazine rings is 1. The van der Waals surface area contributed by atoms with Gasteiger partial charge in [0.1, 0.15) is 11.9 Å². The summed E-state index contributed by atoms with van der Waals surface area (Å²) in [4.78, 5) is 14.6. The van der Waals surface area contributed by atoms with Gasteiger partial charge in [-0.05, 0) is 66.1 Å². The number of urea groups is 1. The summed E-state index contributed by atoms with van der Waals surface area (Å²) in [6, 6.07) is 19.8. The Morgan fingerprint density at radius 1 is 0.746 bits per heavy atom. The Balaban J connectivity index is 0.873. The molecule has 322 valence electrons. The van der Waals surface area contributed by atoms with Crippen molar-refractivity contribution >= 4 is 37.7 Å². The van der Waals surface area contributed by atoms with Gasteiger partial charge in [-0.2, -0.15) is 5.26 Å². The minimum Gasteiger partial charge on any atom is -0.484 e. The summed E-state index contributed by atoms with van der Waals surface area (Å²) in [6.45, 7) is 6.12. The molecule has 59 heavy (non-hydrogen) atoms. The molecule has 1 heterocycles. The van der Waals surface area contributed by atoms with Gasteiger partial charge >= 0.3 is 6.03 Å². The molecule has 0 spiro atoms. The third-order valence-corrected chi connectivity index (χ3v) is 12.6. The van der Waals surface area contributed by atoms with Crippen molar-refractivity contribution in [3.05, 3.63) is 88.4 Å². The molecule has 1 aliphatic carbocycles. The van der Waals surface area contributed by atoms with Crippen LogP contribution in [0.25, 0.3) is 0 Å². The normalized spacial score (nSPS) is 16.9. The number of amides is 2. The molecule has 2 atom stereocenters. The monoisotopic (exact) mass is 877 g/mol. The molecule has 0 bridgehead atoms. The van der Waals surface area contributed by atoms with Crippen molar-refractivity contribution in [1.82, 2.24) is 30.3 Å². The molecule has 1 saturated heterocycles. The zero-order chi connectivity index (χ0) is 41.9. The molecule has 0 unspecified atom stereocenters. The first-order valence-corrected chi connectivity index (χ1v) is 22.7. The van der Waals surface area contributed by atoms with E-state index in [-0.39, 0.29) is 100 Å². The largest absolute Gasteiger partial charge is 0.484 e. The van der Waals surface area contributed by atoms with Crippen molar-refractivity contribution in [1.29, 1.82) is 5.26 Å². The van der Waals surface area contributed by atoms with Gasteiger partial charge in [0.15, 0.2) is 0 Å². The minimum absolute atomic E-state index is 0.00629. The third kappa shape index (κ3) is 14.7. The number of nitrogens with one attached hydrogen (secondary N) is 5. The van der Waals surface area contributed by atoms with Crippen molar-refractivity contribution < 1.29 is 45.3 Å². The van der Waals surface area contributed by atoms with Crippen LogP contribution in [0.2, 0.25) is 5.02 Å². The molecule has 3 aromatic carbocycles. The topological polar surface area (TPSA) is 219 Å². The molecule has 2 amide bonds. The molecular formula is C39H52ClN7O10S2. The average Bonchev–Trinajstić information content (AvgIpc) is 3.60. The van der Waals surface area contributed by atoms with E-state index in [4.69, 9.17) is 35.3 Å². The number of carbonyl (C=O) groups is 1. The molecule has 5 rings (SSSR count). The van der Waals surface area contributed by atoms with Gasteiger partial charge in [-0.15, -0.1) is 0 Å². The summed E-state index contributed by atoms with van der Waals surface area (Å²) in [7, 11) is -7.36. The van der Waals surface area contributed by atoms with E-state index in [0.29, 0.717) is 29.4 Å². The van der Waals surface area contributed by atoms with Crippen LogP contribution in [0.4, 0.5) is 4.79 Å². The SMILES string of the molecule is N#Cc1cc(Cl)cc2c1C[C@H](N1CCNCC1)[C@H]2Oc1ccc(S(=O)(=O)NCCOCCOCCNC(=O)NCCOCCOCCNS(=O)(=O)c2ccccc2)cc1. The lowest BCUT2D eigenvalue weighted by Crippen LogP contribution is -2.50. The molecule has 0 saturated carbocycles. The van der Waals surface area contributed by atoms with Crippen LogP contribution in [-0.2, 0) is 45.4 Å². The fraction of sp³-hybridized carbons (Fsp3) is 0.487. The molecule has 1 fully saturated rings. The smallest absolute Gasteiger partial charge is 0.314 e. The maximum absolute atomic E-state index is 12.9. The number of carbonyl (C=O) groups excluding carboxylic acids is 1. The van der Waals surface area contributed by atoms with Crippen molar-refractivity contribution in [2.24, 2.45) is 0 Å². The van der Waals surface area contributed by atoms with Gasteiger partial charge in [0.05, 0.1) is 80.3 Å². The average molecular weight is 878 g/mol. The maximum Gasteiger partial charge on any atom is 0.314 e. The molecule has 3 aromatic rings. The number of ether oxygens (including phenoxy) is 5. The summed E-state index contributed by atoms with van der Waals surface area (Å²) in [5, 5.41) is 18.9. The Morgan fingerprint density at radius 3 is 1.81 bits per heavy atom. The van der Waals surface area contributed by atoms with Crippen molar-refractivity contribution in [2.75, 3.05) is 105 Å². The number of rotatable bonds is 25. The number of hydrogen-bond donors (Lipinski definition) is 5. The summed E-state index contributed by atoms with van der Waals surface area (Å²) >= 11 is 6.39. The summed E-state index contributed by atoms with van der Waals surface area (Å²) in [6.07, 6.45) is 0.287. The van der Waals surface area contributed by atoms with E-state index in [1.807, 2.05) is 6.07 Å². The molecule has 1 aliphatic heterocycles. The van der Waals surface area contributed by atoms with E-state index in [0.717, 1.165) is 37.3 Å². The fourth-order valence-corrected chi connectivity index (χ4v) is 8.80. The van der Waals surface area contributed by atoms with Crippen LogP contribution >= 0.6 is 11.6 Å². The molecule has 0 radical (unpaired) electrons. The van der Waals surface area contributed by atoms with Crippen molar-refractivity contribution in [2.45, 2.75) is 28.4 Å². The van der Waals surface area contributed by atoms with Crippen LogP contribution in [0, 0.1) is 11.3 Å².